The first kappa shape index (κ1) is 21.3. The molecule has 2 amide bonds. The van der Waals surface area contributed by atoms with Gasteiger partial charge < -0.3 is 10.2 Å². The van der Waals surface area contributed by atoms with Gasteiger partial charge in [0.15, 0.2) is 10.6 Å². The third-order valence-electron chi connectivity index (χ3n) is 5.25. The minimum atomic E-state index is -0.190. The fourth-order valence-corrected chi connectivity index (χ4v) is 3.87. The topological polar surface area (TPSA) is 83.0 Å². The molecule has 0 bridgehead atoms. The molecule has 0 aliphatic carbocycles. The standard InChI is InChI=1S/C22H22ClN5O2S/c23-18-9-7-16(8-10-18)20-25-26-22(31)28(20)14-19(29)24-13-15-3-5-17(6-4-15)21(30)27-11-1-2-12-27/h3-10H,1-2,11-14H2,(H,24,29)(H,26,31). The number of halogens is 1. The van der Waals surface area contributed by atoms with E-state index in [4.69, 9.17) is 23.8 Å². The van der Waals surface area contributed by atoms with Crippen molar-refractivity contribution >= 4 is 35.6 Å². The summed E-state index contributed by atoms with van der Waals surface area (Å²) in [7, 11) is 0. The summed E-state index contributed by atoms with van der Waals surface area (Å²) in [5.74, 6) is 0.448. The van der Waals surface area contributed by atoms with Crippen molar-refractivity contribution < 1.29 is 9.59 Å². The van der Waals surface area contributed by atoms with Crippen LogP contribution in [0.5, 0.6) is 0 Å². The average Bonchev–Trinajstić information content (AvgIpc) is 3.44. The molecule has 31 heavy (non-hydrogen) atoms. The normalized spacial score (nSPS) is 13.4. The predicted molar refractivity (Wildman–Crippen MR) is 121 cm³/mol. The summed E-state index contributed by atoms with van der Waals surface area (Å²) < 4.78 is 2.01. The van der Waals surface area contributed by atoms with Crippen LogP contribution in [-0.2, 0) is 17.9 Å². The van der Waals surface area contributed by atoms with E-state index in [-0.39, 0.29) is 18.4 Å². The maximum Gasteiger partial charge on any atom is 0.253 e. The van der Waals surface area contributed by atoms with Gasteiger partial charge in [-0.15, -0.1) is 0 Å². The second-order valence-corrected chi connectivity index (χ2v) is 8.24. The van der Waals surface area contributed by atoms with E-state index in [1.54, 1.807) is 16.7 Å². The molecule has 1 fully saturated rings. The van der Waals surface area contributed by atoms with Crippen LogP contribution in [-0.4, -0.2) is 44.6 Å². The predicted octanol–water partition coefficient (Wildman–Crippen LogP) is 3.81. The number of H-pyrrole nitrogens is 1. The van der Waals surface area contributed by atoms with E-state index < -0.39 is 0 Å². The molecular formula is C22H22ClN5O2S. The van der Waals surface area contributed by atoms with E-state index in [0.29, 0.717) is 27.7 Å². The average molecular weight is 456 g/mol. The molecular weight excluding hydrogens is 434 g/mol. The molecule has 3 aromatic rings. The number of aromatic amines is 1. The number of nitrogens with one attached hydrogen (secondary N) is 2. The van der Waals surface area contributed by atoms with Gasteiger partial charge in [0.2, 0.25) is 5.91 Å². The molecule has 2 heterocycles. The van der Waals surface area contributed by atoms with Crippen molar-refractivity contribution in [3.63, 3.8) is 0 Å². The number of rotatable bonds is 6. The number of carbonyl (C=O) groups excluding carboxylic acids is 2. The first-order chi connectivity index (χ1) is 15.0. The third-order valence-corrected chi connectivity index (χ3v) is 5.81. The van der Waals surface area contributed by atoms with Crippen molar-refractivity contribution in [2.75, 3.05) is 13.1 Å². The lowest BCUT2D eigenvalue weighted by atomic mass is 10.1. The lowest BCUT2D eigenvalue weighted by Crippen LogP contribution is -2.28. The highest BCUT2D eigenvalue weighted by Gasteiger charge is 2.19. The Hall–Kier alpha value is -2.97. The van der Waals surface area contributed by atoms with Crippen LogP contribution >= 0.6 is 23.8 Å². The lowest BCUT2D eigenvalue weighted by molar-refractivity contribution is -0.121. The minimum Gasteiger partial charge on any atom is -0.350 e. The Morgan fingerprint density at radius 2 is 1.74 bits per heavy atom. The Labute approximate surface area is 190 Å². The number of aromatic nitrogens is 3. The molecule has 160 valence electrons. The number of hydrogen-bond donors (Lipinski definition) is 2. The summed E-state index contributed by atoms with van der Waals surface area (Å²) in [6, 6.07) is 14.5. The second-order valence-electron chi connectivity index (χ2n) is 7.42. The molecule has 0 spiro atoms. The van der Waals surface area contributed by atoms with E-state index in [1.165, 1.54) is 0 Å². The zero-order chi connectivity index (χ0) is 21.8. The first-order valence-electron chi connectivity index (χ1n) is 10.1. The summed E-state index contributed by atoms with van der Waals surface area (Å²) in [6.07, 6.45) is 2.13. The van der Waals surface area contributed by atoms with E-state index in [0.717, 1.165) is 37.1 Å². The molecule has 0 unspecified atom stereocenters. The van der Waals surface area contributed by atoms with E-state index in [9.17, 15) is 9.59 Å². The molecule has 0 radical (unpaired) electrons. The number of benzene rings is 2. The molecule has 2 aromatic carbocycles. The number of hydrogen-bond acceptors (Lipinski definition) is 4. The van der Waals surface area contributed by atoms with Crippen molar-refractivity contribution in [2.24, 2.45) is 0 Å². The van der Waals surface area contributed by atoms with Crippen LogP contribution in [0.2, 0.25) is 5.02 Å². The van der Waals surface area contributed by atoms with Crippen molar-refractivity contribution in [2.45, 2.75) is 25.9 Å². The number of carbonyl (C=O) groups is 2. The van der Waals surface area contributed by atoms with Gasteiger partial charge in [-0.1, -0.05) is 23.7 Å². The summed E-state index contributed by atoms with van der Waals surface area (Å²) in [6.45, 7) is 2.05. The van der Waals surface area contributed by atoms with Gasteiger partial charge in [0.25, 0.3) is 5.91 Å². The Morgan fingerprint density at radius 3 is 2.42 bits per heavy atom. The fourth-order valence-electron chi connectivity index (χ4n) is 3.55. The van der Waals surface area contributed by atoms with Gasteiger partial charge in [-0.25, -0.2) is 0 Å². The van der Waals surface area contributed by atoms with Gasteiger partial charge in [0.05, 0.1) is 0 Å². The molecule has 1 aromatic heterocycles. The highest BCUT2D eigenvalue weighted by molar-refractivity contribution is 7.71. The van der Waals surface area contributed by atoms with Crippen LogP contribution < -0.4 is 5.32 Å². The van der Waals surface area contributed by atoms with Gasteiger partial charge in [-0.3, -0.25) is 19.3 Å². The highest BCUT2D eigenvalue weighted by Crippen LogP contribution is 2.20. The van der Waals surface area contributed by atoms with Crippen LogP contribution in [0.25, 0.3) is 11.4 Å². The molecule has 1 aliphatic rings. The van der Waals surface area contributed by atoms with Crippen molar-refractivity contribution in [1.82, 2.24) is 25.0 Å². The van der Waals surface area contributed by atoms with Crippen molar-refractivity contribution in [1.29, 1.82) is 0 Å². The van der Waals surface area contributed by atoms with Crippen LogP contribution in [0.1, 0.15) is 28.8 Å². The first-order valence-corrected chi connectivity index (χ1v) is 10.9. The maximum atomic E-state index is 12.5. The smallest absolute Gasteiger partial charge is 0.253 e. The summed E-state index contributed by atoms with van der Waals surface area (Å²) in [5, 5.41) is 10.5. The molecule has 4 rings (SSSR count). The molecule has 9 heteroatoms. The van der Waals surface area contributed by atoms with E-state index in [1.807, 2.05) is 41.3 Å². The Morgan fingerprint density at radius 1 is 1.06 bits per heavy atom. The molecule has 0 saturated carbocycles. The van der Waals surface area contributed by atoms with Crippen LogP contribution in [0.3, 0.4) is 0 Å². The summed E-state index contributed by atoms with van der Waals surface area (Å²) >= 11 is 11.2. The molecule has 1 saturated heterocycles. The van der Waals surface area contributed by atoms with Gasteiger partial charge in [-0.05, 0) is 67.0 Å². The lowest BCUT2D eigenvalue weighted by Gasteiger charge is -2.15. The molecule has 0 atom stereocenters. The molecule has 7 nitrogen and oxygen atoms in total. The summed E-state index contributed by atoms with van der Waals surface area (Å²) in [4.78, 5) is 26.8. The van der Waals surface area contributed by atoms with Crippen LogP contribution in [0.4, 0.5) is 0 Å². The monoisotopic (exact) mass is 455 g/mol. The van der Waals surface area contributed by atoms with Crippen molar-refractivity contribution in [3.8, 4) is 11.4 Å². The van der Waals surface area contributed by atoms with Gasteiger partial charge >= 0.3 is 0 Å². The SMILES string of the molecule is O=C(Cn1c(-c2ccc(Cl)cc2)n[nH]c1=S)NCc1ccc(C(=O)N2CCCC2)cc1. The Balaban J connectivity index is 1.37. The van der Waals surface area contributed by atoms with Crippen molar-refractivity contribution in [3.05, 3.63) is 69.5 Å². The second kappa shape index (κ2) is 9.45. The quantitative estimate of drug-likeness (QED) is 0.553. The Kier molecular flexibility index (Phi) is 6.48. The zero-order valence-electron chi connectivity index (χ0n) is 16.8. The van der Waals surface area contributed by atoms with E-state index >= 15 is 0 Å². The summed E-state index contributed by atoms with van der Waals surface area (Å²) in [5.41, 5.74) is 2.40. The minimum absolute atomic E-state index is 0.0405. The molecule has 2 N–H and O–H groups in total. The number of amides is 2. The molecule has 1 aliphatic heterocycles. The van der Waals surface area contributed by atoms with Gasteiger partial charge in [-0.2, -0.15) is 5.10 Å². The zero-order valence-corrected chi connectivity index (χ0v) is 18.4. The van der Waals surface area contributed by atoms with Gasteiger partial charge in [0, 0.05) is 35.8 Å². The van der Waals surface area contributed by atoms with E-state index in [2.05, 4.69) is 15.5 Å². The maximum absolute atomic E-state index is 12.5. The Bertz CT molecular complexity index is 1130. The largest absolute Gasteiger partial charge is 0.350 e. The number of likely N-dealkylation sites (tertiary alicyclic amines) is 1. The third kappa shape index (κ3) is 5.03. The number of nitrogens with zero attached hydrogens (tertiary/aromatic N) is 3. The van der Waals surface area contributed by atoms with Crippen LogP contribution in [0.15, 0.2) is 48.5 Å². The fraction of sp³-hybridized carbons (Fsp3) is 0.273. The van der Waals surface area contributed by atoms with Gasteiger partial charge in [0.1, 0.15) is 6.54 Å². The van der Waals surface area contributed by atoms with Crippen LogP contribution in [0, 0.1) is 4.77 Å². The highest BCUT2D eigenvalue weighted by atomic mass is 35.5.